The normalized spacial score (nSPS) is 12.0. The minimum absolute atomic E-state index is 0.0593. The van der Waals surface area contributed by atoms with Gasteiger partial charge in [0, 0.05) is 32.9 Å². The number of rotatable bonds is 13. The van der Waals surface area contributed by atoms with Crippen LogP contribution in [0.15, 0.2) is 41.3 Å². The van der Waals surface area contributed by atoms with Gasteiger partial charge in [0.25, 0.3) is 0 Å². The number of aryl methyl sites for hydroxylation is 2. The molecular formula is C26H38N4O5S. The highest BCUT2D eigenvalue weighted by molar-refractivity contribution is 7.82. The number of nitrogens with one attached hydrogen (secondary N) is 1. The smallest absolute Gasteiger partial charge is 0.248 e. The molecule has 0 aliphatic rings. The number of methoxy groups -OCH3 is 1. The van der Waals surface area contributed by atoms with Crippen LogP contribution in [0.4, 0.5) is 5.69 Å². The van der Waals surface area contributed by atoms with E-state index < -0.39 is 11.0 Å². The Balaban J connectivity index is 1.77. The third kappa shape index (κ3) is 9.02. The predicted molar refractivity (Wildman–Crippen MR) is 142 cm³/mol. The zero-order valence-electron chi connectivity index (χ0n) is 22.3. The van der Waals surface area contributed by atoms with Gasteiger partial charge in [0.15, 0.2) is 0 Å². The molecule has 0 saturated heterocycles. The minimum atomic E-state index is -1.35. The van der Waals surface area contributed by atoms with Crippen molar-refractivity contribution in [2.45, 2.75) is 25.3 Å². The van der Waals surface area contributed by atoms with E-state index in [1.165, 1.54) is 0 Å². The van der Waals surface area contributed by atoms with Gasteiger partial charge in [-0.25, -0.2) is 8.51 Å². The second-order valence-corrected chi connectivity index (χ2v) is 10.5. The second kappa shape index (κ2) is 14.1. The lowest BCUT2D eigenvalue weighted by molar-refractivity contribution is -0.135. The van der Waals surface area contributed by atoms with E-state index in [-0.39, 0.29) is 25.0 Å². The van der Waals surface area contributed by atoms with Crippen molar-refractivity contribution in [3.63, 3.8) is 0 Å². The summed E-state index contributed by atoms with van der Waals surface area (Å²) in [6.45, 7) is 5.19. The van der Waals surface area contributed by atoms with Crippen LogP contribution in [0.3, 0.4) is 0 Å². The number of hydrogen-bond acceptors (Lipinski definition) is 6. The Morgan fingerprint density at radius 2 is 1.61 bits per heavy atom. The quantitative estimate of drug-likeness (QED) is 0.410. The molecule has 0 aliphatic carbocycles. The van der Waals surface area contributed by atoms with Gasteiger partial charge in [0.2, 0.25) is 11.8 Å². The number of ether oxygens (including phenoxy) is 2. The number of anilines is 1. The lowest BCUT2D eigenvalue weighted by Crippen LogP contribution is -2.32. The molecule has 2 rings (SSSR count). The van der Waals surface area contributed by atoms with Crippen molar-refractivity contribution in [3.8, 4) is 5.75 Å². The van der Waals surface area contributed by atoms with Crippen molar-refractivity contribution in [2.75, 3.05) is 66.9 Å². The third-order valence-corrected chi connectivity index (χ3v) is 7.19. The van der Waals surface area contributed by atoms with Gasteiger partial charge in [-0.3, -0.25) is 9.59 Å². The van der Waals surface area contributed by atoms with Gasteiger partial charge in [-0.05, 0) is 68.9 Å². The Kier molecular flexibility index (Phi) is 11.5. The fourth-order valence-corrected chi connectivity index (χ4v) is 4.77. The monoisotopic (exact) mass is 518 g/mol. The van der Waals surface area contributed by atoms with Crippen LogP contribution in [0.1, 0.15) is 16.7 Å². The lowest BCUT2D eigenvalue weighted by Gasteiger charge is -2.20. The molecule has 2 aromatic rings. The first-order chi connectivity index (χ1) is 17.0. The van der Waals surface area contributed by atoms with Gasteiger partial charge in [-0.1, -0.05) is 12.1 Å². The van der Waals surface area contributed by atoms with E-state index in [0.717, 1.165) is 27.3 Å². The van der Waals surface area contributed by atoms with Gasteiger partial charge in [0.05, 0.1) is 25.2 Å². The molecular weight excluding hydrogens is 480 g/mol. The van der Waals surface area contributed by atoms with Crippen molar-refractivity contribution in [1.29, 1.82) is 0 Å². The van der Waals surface area contributed by atoms with Crippen LogP contribution in [0, 0.1) is 13.8 Å². The molecule has 0 radical (unpaired) electrons. The Bertz CT molecular complexity index is 1040. The summed E-state index contributed by atoms with van der Waals surface area (Å²) >= 11 is 0. The van der Waals surface area contributed by atoms with Crippen LogP contribution in [0.2, 0.25) is 0 Å². The molecule has 1 atom stereocenters. The maximum atomic E-state index is 13.0. The molecule has 1 unspecified atom stereocenters. The molecule has 0 bridgehead atoms. The summed E-state index contributed by atoms with van der Waals surface area (Å²) in [6.07, 6.45) is 0. The molecule has 2 aromatic carbocycles. The van der Waals surface area contributed by atoms with E-state index in [1.54, 1.807) is 35.3 Å². The number of carbonyl (C=O) groups excluding carboxylic acids is 2. The molecule has 0 spiro atoms. The first-order valence-electron chi connectivity index (χ1n) is 11.6. The molecule has 0 fully saturated rings. The van der Waals surface area contributed by atoms with Gasteiger partial charge >= 0.3 is 0 Å². The van der Waals surface area contributed by atoms with E-state index >= 15 is 0 Å². The van der Waals surface area contributed by atoms with Crippen LogP contribution >= 0.6 is 0 Å². The molecule has 36 heavy (non-hydrogen) atoms. The number of benzene rings is 2. The summed E-state index contributed by atoms with van der Waals surface area (Å²) in [5, 5.41) is 2.84. The van der Waals surface area contributed by atoms with Crippen molar-refractivity contribution in [2.24, 2.45) is 0 Å². The molecule has 1 N–H and O–H groups in total. The maximum absolute atomic E-state index is 13.0. The average molecular weight is 519 g/mol. The Labute approximate surface area is 216 Å². The summed E-state index contributed by atoms with van der Waals surface area (Å²) in [5.41, 5.74) is 3.46. The Morgan fingerprint density at radius 1 is 1.00 bits per heavy atom. The molecule has 9 nitrogen and oxygen atoms in total. The summed E-state index contributed by atoms with van der Waals surface area (Å²) in [7, 11) is 7.42. The van der Waals surface area contributed by atoms with Crippen molar-refractivity contribution >= 4 is 28.5 Å². The fraction of sp³-hybridized carbons (Fsp3) is 0.462. The topological polar surface area (TPSA) is 91.4 Å². The van der Waals surface area contributed by atoms with E-state index in [0.29, 0.717) is 25.3 Å². The summed E-state index contributed by atoms with van der Waals surface area (Å²) in [6, 6.07) is 11.1. The SMILES string of the molecule is COc1cc(C)c(S(=O)N(C)CCOCC(=O)N(C)Cc2ccc(NC(=O)CN(C)C)cc2)c(C)c1. The minimum Gasteiger partial charge on any atom is -0.497 e. The number of hydrogen-bond donors (Lipinski definition) is 1. The first kappa shape index (κ1) is 29.4. The molecule has 198 valence electrons. The summed E-state index contributed by atoms with van der Waals surface area (Å²) in [4.78, 5) is 28.5. The first-order valence-corrected chi connectivity index (χ1v) is 12.8. The van der Waals surface area contributed by atoms with Crippen LogP contribution in [0.25, 0.3) is 0 Å². The van der Waals surface area contributed by atoms with Crippen molar-refractivity contribution < 1.29 is 23.3 Å². The van der Waals surface area contributed by atoms with Crippen molar-refractivity contribution in [3.05, 3.63) is 53.1 Å². The van der Waals surface area contributed by atoms with E-state index in [4.69, 9.17) is 9.47 Å². The highest BCUT2D eigenvalue weighted by atomic mass is 32.2. The standard InChI is InChI=1S/C26H38N4O5S/c1-19-14-23(34-7)15-20(2)26(19)36(33)30(6)12-13-35-18-25(32)29(5)16-21-8-10-22(11-9-21)27-24(31)17-28(3)4/h8-11,14-15H,12-13,16-18H2,1-7H3,(H,27,31). The zero-order chi connectivity index (χ0) is 26.8. The largest absolute Gasteiger partial charge is 0.497 e. The molecule has 2 amide bonds. The van der Waals surface area contributed by atoms with E-state index in [2.05, 4.69) is 5.32 Å². The molecule has 0 aliphatic heterocycles. The second-order valence-electron chi connectivity index (χ2n) is 8.98. The summed E-state index contributed by atoms with van der Waals surface area (Å²) < 4.78 is 25.5. The number of nitrogens with zero attached hydrogens (tertiary/aromatic N) is 3. The van der Waals surface area contributed by atoms with Gasteiger partial charge in [0.1, 0.15) is 23.3 Å². The summed E-state index contributed by atoms with van der Waals surface area (Å²) in [5.74, 6) is 0.506. The average Bonchev–Trinajstić information content (AvgIpc) is 2.81. The highest BCUT2D eigenvalue weighted by Crippen LogP contribution is 2.25. The fourth-order valence-electron chi connectivity index (χ4n) is 3.55. The van der Waals surface area contributed by atoms with Crippen molar-refractivity contribution in [1.82, 2.24) is 14.1 Å². The van der Waals surface area contributed by atoms with Gasteiger partial charge < -0.3 is 24.6 Å². The number of likely N-dealkylation sites (N-methyl/N-ethyl adjacent to an activating group) is 3. The van der Waals surface area contributed by atoms with Crippen LogP contribution in [-0.2, 0) is 31.9 Å². The van der Waals surface area contributed by atoms with E-state index in [1.807, 2.05) is 64.3 Å². The third-order valence-electron chi connectivity index (χ3n) is 5.45. The van der Waals surface area contributed by atoms with Crippen LogP contribution < -0.4 is 10.1 Å². The predicted octanol–water partition coefficient (Wildman–Crippen LogP) is 2.44. The molecule has 10 heteroatoms. The van der Waals surface area contributed by atoms with Crippen LogP contribution in [0.5, 0.6) is 5.75 Å². The van der Waals surface area contributed by atoms with Crippen LogP contribution in [-0.4, -0.2) is 91.7 Å². The molecule has 0 aromatic heterocycles. The number of amides is 2. The number of carbonyl (C=O) groups is 2. The highest BCUT2D eigenvalue weighted by Gasteiger charge is 2.17. The maximum Gasteiger partial charge on any atom is 0.248 e. The Morgan fingerprint density at radius 3 is 2.17 bits per heavy atom. The van der Waals surface area contributed by atoms with Gasteiger partial charge in [-0.2, -0.15) is 0 Å². The molecule has 0 saturated carbocycles. The Hall–Kier alpha value is -2.79. The molecule has 0 heterocycles. The van der Waals surface area contributed by atoms with E-state index in [9.17, 15) is 13.8 Å². The zero-order valence-corrected chi connectivity index (χ0v) is 23.1. The lowest BCUT2D eigenvalue weighted by atomic mass is 10.1. The van der Waals surface area contributed by atoms with Gasteiger partial charge in [-0.15, -0.1) is 0 Å².